The average molecular weight is 815 g/mol. The largest absolute Gasteiger partial charge is 2.00 e. The van der Waals surface area contributed by atoms with Gasteiger partial charge in [0, 0.05) is 20.4 Å². The maximum absolute atomic E-state index is 6.39. The zero-order valence-electron chi connectivity index (χ0n) is 22.8. The van der Waals surface area contributed by atoms with Gasteiger partial charge < -0.3 is 0 Å². The van der Waals surface area contributed by atoms with Gasteiger partial charge in [0.2, 0.25) is 0 Å². The molecule has 0 nitrogen and oxygen atoms in total. The van der Waals surface area contributed by atoms with E-state index in [2.05, 4.69) is 133 Å². The fraction of sp³-hybridized carbons (Fsp3) is 0.0286. The molecule has 0 unspecified atom stereocenters. The van der Waals surface area contributed by atoms with Crippen LogP contribution in [0.15, 0.2) is 158 Å². The van der Waals surface area contributed by atoms with E-state index in [-0.39, 0.29) is 42.8 Å². The third-order valence-electron chi connectivity index (χ3n) is 6.02. The molecule has 0 saturated carbocycles. The van der Waals surface area contributed by atoms with Crippen LogP contribution in [0.4, 0.5) is 0 Å². The van der Waals surface area contributed by atoms with Crippen LogP contribution >= 0.6 is 62.2 Å². The van der Waals surface area contributed by atoms with Crippen LogP contribution in [0, 0.1) is 0 Å². The zero-order chi connectivity index (χ0) is 28.9. The number of hydrogen-bond acceptors (Lipinski definition) is 0. The summed E-state index contributed by atoms with van der Waals surface area (Å²) in [4.78, 5) is 0. The second kappa shape index (κ2) is 20.7. The molecule has 6 aromatic carbocycles. The summed E-state index contributed by atoms with van der Waals surface area (Å²) < 4.78 is 0. The van der Waals surface area contributed by atoms with Gasteiger partial charge in [-0.25, -0.2) is 12.1 Å². The number of halogens is 4. The SMILES string of the molecule is ClCCl.Clc1c(P(c2ccccc2)c2ccccc2)cc[c-]1Cl.[Fe+2].[Pd].c1ccc(P(c2ccccc2)c2cc[cH-]c2)cc1. The van der Waals surface area contributed by atoms with Crippen molar-refractivity contribution in [2.24, 2.45) is 0 Å². The molecular weight excluding hydrogens is 786 g/mol. The van der Waals surface area contributed by atoms with Crippen molar-refractivity contribution >= 4 is 94.1 Å². The summed E-state index contributed by atoms with van der Waals surface area (Å²) in [6.07, 6.45) is 0. The summed E-state index contributed by atoms with van der Waals surface area (Å²) in [6.45, 7) is 0. The summed E-state index contributed by atoms with van der Waals surface area (Å²) in [5.41, 5.74) is 0. The van der Waals surface area contributed by atoms with Crippen LogP contribution in [0.2, 0.25) is 10.0 Å². The van der Waals surface area contributed by atoms with Crippen molar-refractivity contribution < 1.29 is 37.5 Å². The van der Waals surface area contributed by atoms with Gasteiger partial charge in [-0.15, -0.1) is 40.1 Å². The second-order valence-corrected chi connectivity index (χ2v) is 14.6. The molecule has 0 aliphatic heterocycles. The Bertz CT molecular complexity index is 1470. The molecule has 6 rings (SSSR count). The van der Waals surface area contributed by atoms with Gasteiger partial charge in [0.05, 0.1) is 5.34 Å². The molecule has 0 saturated heterocycles. The maximum atomic E-state index is 6.39. The fourth-order valence-electron chi connectivity index (χ4n) is 4.29. The molecule has 0 heterocycles. The topological polar surface area (TPSA) is 0 Å². The number of alkyl halides is 2. The normalized spacial score (nSPS) is 10.0. The Hall–Kier alpha value is -1.22. The third-order valence-corrected chi connectivity index (χ3v) is 11.9. The first-order chi connectivity index (χ1) is 20.1. The molecule has 8 heteroatoms. The minimum atomic E-state index is -0.662. The molecule has 0 bridgehead atoms. The van der Waals surface area contributed by atoms with E-state index in [9.17, 15) is 0 Å². The second-order valence-electron chi connectivity index (χ2n) is 8.64. The Morgan fingerprint density at radius 3 is 1.23 bits per heavy atom. The summed E-state index contributed by atoms with van der Waals surface area (Å²) in [5.74, 6) is 0. The molecule has 0 aliphatic rings. The van der Waals surface area contributed by atoms with Crippen molar-refractivity contribution in [2.45, 2.75) is 0 Å². The van der Waals surface area contributed by atoms with Crippen molar-refractivity contribution in [1.29, 1.82) is 0 Å². The van der Waals surface area contributed by atoms with Crippen LogP contribution in [-0.4, -0.2) is 5.34 Å². The molecular formula is C35H28Cl4FeP2Pd. The van der Waals surface area contributed by atoms with Crippen molar-refractivity contribution in [3.8, 4) is 0 Å². The number of hydrogen-bond donors (Lipinski definition) is 0. The Balaban J connectivity index is 0.000000265. The van der Waals surface area contributed by atoms with Gasteiger partial charge in [0.1, 0.15) is 0 Å². The van der Waals surface area contributed by atoms with Gasteiger partial charge in [-0.2, -0.15) is 41.2 Å². The number of benzene rings is 4. The van der Waals surface area contributed by atoms with Crippen LogP contribution in [0.5, 0.6) is 0 Å². The first-order valence-electron chi connectivity index (χ1n) is 12.9. The minimum absolute atomic E-state index is 0. The summed E-state index contributed by atoms with van der Waals surface area (Å²) in [6, 6.07) is 55.1. The van der Waals surface area contributed by atoms with E-state index in [1.54, 1.807) is 0 Å². The van der Waals surface area contributed by atoms with Crippen LogP contribution in [0.25, 0.3) is 0 Å². The van der Waals surface area contributed by atoms with E-state index >= 15 is 0 Å². The molecule has 0 amide bonds. The van der Waals surface area contributed by atoms with E-state index < -0.39 is 15.8 Å². The standard InChI is InChI=1S/C17H12Cl2P.C17H14P.CH2Cl2.Fe.Pd/c18-15-11-12-16(17(15)19)20(13-7-3-1-4-8-13)14-9-5-2-6-10-14;1-3-9-15(10-4-1)18(17-13-7-8-14-17)16-11-5-2-6-12-16;2-1-3;;/h1-12H;1-14H;1H2;;/q2*-1;;+2;. The maximum Gasteiger partial charge on any atom is 2.00 e. The molecule has 43 heavy (non-hydrogen) atoms. The first-order valence-corrected chi connectivity index (χ1v) is 17.4. The average Bonchev–Trinajstić information content (AvgIpc) is 3.67. The van der Waals surface area contributed by atoms with Gasteiger partial charge >= 0.3 is 17.1 Å². The Kier molecular flexibility index (Phi) is 18.3. The third kappa shape index (κ3) is 11.0. The fourth-order valence-corrected chi connectivity index (χ4v) is 9.54. The van der Waals surface area contributed by atoms with Crippen LogP contribution in [0.1, 0.15) is 0 Å². The van der Waals surface area contributed by atoms with E-state index in [0.717, 1.165) is 5.30 Å². The first kappa shape index (κ1) is 38.0. The van der Waals surface area contributed by atoms with E-state index in [1.165, 1.54) is 26.5 Å². The van der Waals surface area contributed by atoms with Gasteiger partial charge in [-0.05, 0) is 21.2 Å². The molecule has 0 atom stereocenters. The van der Waals surface area contributed by atoms with Crippen LogP contribution in [-0.2, 0) is 37.5 Å². The van der Waals surface area contributed by atoms with E-state index in [4.69, 9.17) is 46.4 Å². The Labute approximate surface area is 302 Å². The van der Waals surface area contributed by atoms with E-state index in [1.807, 2.05) is 24.3 Å². The van der Waals surface area contributed by atoms with Crippen molar-refractivity contribution in [1.82, 2.24) is 0 Å². The van der Waals surface area contributed by atoms with Crippen molar-refractivity contribution in [2.75, 3.05) is 5.34 Å². The molecule has 0 aromatic heterocycles. The zero-order valence-corrected chi connectivity index (χ0v) is 30.3. The molecule has 6 aromatic rings. The molecule has 0 N–H and O–H groups in total. The van der Waals surface area contributed by atoms with Crippen LogP contribution < -0.4 is 31.8 Å². The predicted molar refractivity (Wildman–Crippen MR) is 188 cm³/mol. The molecule has 0 fully saturated rings. The van der Waals surface area contributed by atoms with Gasteiger partial charge in [0.15, 0.2) is 0 Å². The summed E-state index contributed by atoms with van der Waals surface area (Å²) >= 11 is 22.0. The quantitative estimate of drug-likeness (QED) is 0.0682. The molecule has 0 spiro atoms. The smallest absolute Gasteiger partial charge is 0.206 e. The van der Waals surface area contributed by atoms with E-state index in [0.29, 0.717) is 10.0 Å². The van der Waals surface area contributed by atoms with Gasteiger partial charge in [0.25, 0.3) is 0 Å². The van der Waals surface area contributed by atoms with Crippen molar-refractivity contribution in [3.05, 3.63) is 168 Å². The molecule has 0 radical (unpaired) electrons. The minimum Gasteiger partial charge on any atom is -0.206 e. The van der Waals surface area contributed by atoms with Crippen LogP contribution in [0.3, 0.4) is 0 Å². The number of rotatable bonds is 6. The van der Waals surface area contributed by atoms with Gasteiger partial charge in [-0.1, -0.05) is 147 Å². The Morgan fingerprint density at radius 2 is 0.930 bits per heavy atom. The molecule has 0 aliphatic carbocycles. The van der Waals surface area contributed by atoms with Crippen molar-refractivity contribution in [3.63, 3.8) is 0 Å². The predicted octanol–water partition coefficient (Wildman–Crippen LogP) is 9.05. The Morgan fingerprint density at radius 1 is 0.558 bits per heavy atom. The molecule has 224 valence electrons. The summed E-state index contributed by atoms with van der Waals surface area (Å²) in [7, 11) is -1.07. The monoisotopic (exact) mass is 812 g/mol. The summed E-state index contributed by atoms with van der Waals surface area (Å²) in [5, 5.41) is 9.39. The van der Waals surface area contributed by atoms with Gasteiger partial charge in [-0.3, -0.25) is 0 Å².